The minimum absolute atomic E-state index is 0.125. The summed E-state index contributed by atoms with van der Waals surface area (Å²) in [6, 6.07) is 0. The van der Waals surface area contributed by atoms with Gasteiger partial charge >= 0.3 is 11.9 Å². The lowest BCUT2D eigenvalue weighted by molar-refractivity contribution is -0.143. The molecule has 0 aromatic carbocycles. The van der Waals surface area contributed by atoms with Crippen LogP contribution in [0.3, 0.4) is 0 Å². The number of carbonyl (C=O) groups is 2. The van der Waals surface area contributed by atoms with E-state index in [1.807, 2.05) is 0 Å². The zero-order valence-corrected chi connectivity index (χ0v) is 13.5. The van der Waals surface area contributed by atoms with Crippen LogP contribution in [0, 0.1) is 11.8 Å². The van der Waals surface area contributed by atoms with Gasteiger partial charge in [-0.05, 0) is 38.5 Å². The van der Waals surface area contributed by atoms with Crippen LogP contribution in [0.25, 0.3) is 0 Å². The number of aliphatic hydroxyl groups excluding tert-OH is 2. The molecule has 2 saturated carbocycles. The minimum atomic E-state index is -0.658. The molecule has 4 aliphatic rings. The van der Waals surface area contributed by atoms with Crippen LogP contribution >= 0.6 is 0 Å². The molecule has 6 unspecified atom stereocenters. The summed E-state index contributed by atoms with van der Waals surface area (Å²) in [5.74, 6) is -1.59. The average molecular weight is 346 g/mol. The number of carboxylic acids is 2. The molecule has 4 N–H and O–H groups in total. The fourth-order valence-electron chi connectivity index (χ4n) is 3.26. The van der Waals surface area contributed by atoms with E-state index in [4.69, 9.17) is 29.9 Å². The molecule has 2 aliphatic heterocycles. The van der Waals surface area contributed by atoms with Crippen molar-refractivity contribution in [1.82, 2.24) is 0 Å². The highest BCUT2D eigenvalue weighted by molar-refractivity contribution is 5.70. The zero-order chi connectivity index (χ0) is 17.7. The minimum Gasteiger partial charge on any atom is -0.481 e. The lowest BCUT2D eigenvalue weighted by atomic mass is 9.90. The highest BCUT2D eigenvalue weighted by Gasteiger charge is 2.46. The van der Waals surface area contributed by atoms with Crippen LogP contribution in [0.2, 0.25) is 0 Å². The van der Waals surface area contributed by atoms with Gasteiger partial charge in [0.05, 0.1) is 49.5 Å². The third-order valence-corrected chi connectivity index (χ3v) is 4.81. The molecule has 0 bridgehead atoms. The van der Waals surface area contributed by atoms with E-state index in [0.29, 0.717) is 12.2 Å². The van der Waals surface area contributed by atoms with Crippen LogP contribution in [0.4, 0.5) is 0 Å². The van der Waals surface area contributed by atoms with Crippen LogP contribution in [0.5, 0.6) is 0 Å². The lowest BCUT2D eigenvalue weighted by Gasteiger charge is -2.12. The number of aliphatic carboxylic acids is 2. The number of ether oxygens (including phenoxy) is 2. The molecule has 0 amide bonds. The van der Waals surface area contributed by atoms with Crippen LogP contribution in [0.1, 0.15) is 38.5 Å². The Labute approximate surface area is 140 Å². The Bertz CT molecular complexity index is 400. The zero-order valence-electron chi connectivity index (χ0n) is 13.5. The first-order chi connectivity index (χ1) is 11.5. The van der Waals surface area contributed by atoms with Crippen molar-refractivity contribution >= 4 is 11.9 Å². The normalized spacial score (nSPS) is 38.1. The van der Waals surface area contributed by atoms with Crippen LogP contribution < -0.4 is 0 Å². The number of carboxylic acid groups (broad SMARTS) is 2. The maximum atomic E-state index is 10.5. The predicted octanol–water partition coefficient (Wildman–Crippen LogP) is 0.248. The van der Waals surface area contributed by atoms with Crippen molar-refractivity contribution in [1.29, 1.82) is 0 Å². The molecule has 2 saturated heterocycles. The molecule has 138 valence electrons. The van der Waals surface area contributed by atoms with Gasteiger partial charge in [-0.25, -0.2) is 0 Å². The fourth-order valence-corrected chi connectivity index (χ4v) is 3.26. The number of fused-ring (bicyclic) bond motifs is 2. The van der Waals surface area contributed by atoms with E-state index in [2.05, 4.69) is 0 Å². The van der Waals surface area contributed by atoms with Crippen molar-refractivity contribution < 1.29 is 39.5 Å². The smallest absolute Gasteiger partial charge is 0.306 e. The SMILES string of the molecule is O=C(O)C1CCC2OC2C1.O=C(O)C1CCC2OC2C1.OCCO. The number of hydrogen-bond acceptors (Lipinski definition) is 6. The molecule has 0 aromatic heterocycles. The van der Waals surface area contributed by atoms with Crippen LogP contribution in [-0.4, -0.2) is 70.0 Å². The second kappa shape index (κ2) is 8.75. The first kappa shape index (κ1) is 19.1. The fraction of sp³-hybridized carbons (Fsp3) is 0.875. The quantitative estimate of drug-likeness (QED) is 0.533. The molecule has 0 radical (unpaired) electrons. The number of hydrogen-bond donors (Lipinski definition) is 4. The van der Waals surface area contributed by atoms with Crippen molar-refractivity contribution in [2.45, 2.75) is 62.9 Å². The molecule has 8 heteroatoms. The predicted molar refractivity (Wildman–Crippen MR) is 81.4 cm³/mol. The van der Waals surface area contributed by atoms with Gasteiger partial charge in [0.15, 0.2) is 0 Å². The summed E-state index contributed by atoms with van der Waals surface area (Å²) in [6.45, 7) is -0.250. The van der Waals surface area contributed by atoms with Gasteiger partial charge < -0.3 is 29.9 Å². The second-order valence-electron chi connectivity index (χ2n) is 6.57. The summed E-state index contributed by atoms with van der Waals surface area (Å²) in [5.41, 5.74) is 0. The topological polar surface area (TPSA) is 140 Å². The molecular weight excluding hydrogens is 320 g/mol. The molecule has 2 aliphatic carbocycles. The molecule has 0 aromatic rings. The van der Waals surface area contributed by atoms with Gasteiger partial charge in [-0.1, -0.05) is 0 Å². The molecule has 2 heterocycles. The largest absolute Gasteiger partial charge is 0.481 e. The van der Waals surface area contributed by atoms with E-state index in [1.165, 1.54) is 0 Å². The second-order valence-corrected chi connectivity index (χ2v) is 6.57. The Kier molecular flexibility index (Phi) is 6.97. The summed E-state index contributed by atoms with van der Waals surface area (Å²) in [4.78, 5) is 20.9. The first-order valence-corrected chi connectivity index (χ1v) is 8.44. The van der Waals surface area contributed by atoms with Gasteiger partial charge in [0.25, 0.3) is 0 Å². The summed E-state index contributed by atoms with van der Waals surface area (Å²) in [6.07, 6.45) is 6.37. The lowest BCUT2D eigenvalue weighted by Crippen LogP contribution is -2.21. The third kappa shape index (κ3) is 5.70. The van der Waals surface area contributed by atoms with E-state index < -0.39 is 11.9 Å². The molecular formula is C16H26O8. The molecule has 8 nitrogen and oxygen atoms in total. The van der Waals surface area contributed by atoms with Gasteiger partial charge in [0, 0.05) is 0 Å². The third-order valence-electron chi connectivity index (χ3n) is 4.81. The highest BCUT2D eigenvalue weighted by atomic mass is 16.6. The standard InChI is InChI=1S/2C7H10O3.C2H6O2/c2*8-7(9)4-1-2-5-6(3-4)10-5;3-1-2-4/h2*4-6H,1-3H2,(H,8,9);3-4H,1-2H2. The van der Waals surface area contributed by atoms with Gasteiger partial charge in [-0.15, -0.1) is 0 Å². The van der Waals surface area contributed by atoms with E-state index in [-0.39, 0.29) is 37.3 Å². The van der Waals surface area contributed by atoms with E-state index in [9.17, 15) is 9.59 Å². The Morgan fingerprint density at radius 2 is 1.08 bits per heavy atom. The first-order valence-electron chi connectivity index (χ1n) is 8.44. The number of aliphatic hydroxyl groups is 2. The van der Waals surface area contributed by atoms with Crippen molar-refractivity contribution in [3.8, 4) is 0 Å². The van der Waals surface area contributed by atoms with E-state index >= 15 is 0 Å². The number of epoxide rings is 2. The van der Waals surface area contributed by atoms with Crippen LogP contribution in [0.15, 0.2) is 0 Å². The summed E-state index contributed by atoms with van der Waals surface area (Å²) in [5, 5.41) is 32.5. The van der Waals surface area contributed by atoms with Gasteiger partial charge in [0.2, 0.25) is 0 Å². The summed E-state index contributed by atoms with van der Waals surface area (Å²) in [7, 11) is 0. The van der Waals surface area contributed by atoms with Crippen molar-refractivity contribution in [2.75, 3.05) is 13.2 Å². The average Bonchev–Trinajstić information content (AvgIpc) is 3.47. The molecule has 24 heavy (non-hydrogen) atoms. The number of rotatable bonds is 3. The Balaban J connectivity index is 0.000000143. The van der Waals surface area contributed by atoms with Gasteiger partial charge in [-0.2, -0.15) is 0 Å². The Morgan fingerprint density at radius 1 is 0.708 bits per heavy atom. The van der Waals surface area contributed by atoms with Crippen LogP contribution in [-0.2, 0) is 19.1 Å². The molecule has 4 rings (SSSR count). The van der Waals surface area contributed by atoms with E-state index in [1.54, 1.807) is 0 Å². The maximum Gasteiger partial charge on any atom is 0.306 e. The Morgan fingerprint density at radius 3 is 1.33 bits per heavy atom. The summed E-state index contributed by atoms with van der Waals surface area (Å²) >= 11 is 0. The van der Waals surface area contributed by atoms with Crippen molar-refractivity contribution in [3.63, 3.8) is 0 Å². The van der Waals surface area contributed by atoms with Gasteiger partial charge in [-0.3, -0.25) is 9.59 Å². The van der Waals surface area contributed by atoms with Crippen molar-refractivity contribution in [3.05, 3.63) is 0 Å². The van der Waals surface area contributed by atoms with Gasteiger partial charge in [0.1, 0.15) is 0 Å². The summed E-state index contributed by atoms with van der Waals surface area (Å²) < 4.78 is 10.4. The molecule has 0 spiro atoms. The highest BCUT2D eigenvalue weighted by Crippen LogP contribution is 2.40. The van der Waals surface area contributed by atoms with Crippen molar-refractivity contribution in [2.24, 2.45) is 11.8 Å². The van der Waals surface area contributed by atoms with E-state index in [0.717, 1.165) is 38.5 Å². The molecule has 4 fully saturated rings. The Hall–Kier alpha value is -1.22. The molecule has 6 atom stereocenters. The maximum absolute atomic E-state index is 10.5. The monoisotopic (exact) mass is 346 g/mol.